The van der Waals surface area contributed by atoms with Gasteiger partial charge >= 0.3 is 0 Å². The molecule has 0 aromatic heterocycles. The lowest BCUT2D eigenvalue weighted by Crippen LogP contribution is -2.08. The minimum Gasteiger partial charge on any atom is -0.497 e. The van der Waals surface area contributed by atoms with Crippen LogP contribution in [0.5, 0.6) is 5.75 Å². The van der Waals surface area contributed by atoms with Crippen LogP contribution in [0.3, 0.4) is 0 Å². The van der Waals surface area contributed by atoms with Gasteiger partial charge in [-0.05, 0) is 49.2 Å². The van der Waals surface area contributed by atoms with Crippen LogP contribution in [0.15, 0.2) is 52.5 Å². The van der Waals surface area contributed by atoms with E-state index in [0.29, 0.717) is 5.04 Å². The summed E-state index contributed by atoms with van der Waals surface area (Å²) in [5, 5.41) is 4.69. The van der Waals surface area contributed by atoms with Gasteiger partial charge in [0.25, 0.3) is 0 Å². The van der Waals surface area contributed by atoms with E-state index < -0.39 is 0 Å². The summed E-state index contributed by atoms with van der Waals surface area (Å²) >= 11 is 1.39. The van der Waals surface area contributed by atoms with Crippen molar-refractivity contribution in [2.45, 2.75) is 25.7 Å². The number of methoxy groups -OCH3 is 1. The van der Waals surface area contributed by atoms with Crippen molar-refractivity contribution in [2.24, 2.45) is 5.10 Å². The molecule has 0 unspecified atom stereocenters. The summed E-state index contributed by atoms with van der Waals surface area (Å²) < 4.78 is 5.12. The zero-order valence-electron chi connectivity index (χ0n) is 13.7. The number of thioether (sulfide) groups is 1. The minimum atomic E-state index is -0.0707. The highest BCUT2D eigenvalue weighted by Gasteiger charge is 2.12. The number of rotatable bonds is 5. The van der Waals surface area contributed by atoms with E-state index in [2.05, 4.69) is 10.5 Å². The quantitative estimate of drug-likeness (QED) is 0.382. The van der Waals surface area contributed by atoms with E-state index in [0.717, 1.165) is 27.5 Å². The SMILES string of the molecule is COc1ccc(NN=C(Sc2c(C)cccc2C)C(C)=O)cc1. The summed E-state index contributed by atoms with van der Waals surface area (Å²) in [7, 11) is 1.62. The maximum atomic E-state index is 11.9. The Morgan fingerprint density at radius 2 is 1.70 bits per heavy atom. The summed E-state index contributed by atoms with van der Waals surface area (Å²) in [5.41, 5.74) is 5.99. The molecule has 0 aliphatic heterocycles. The lowest BCUT2D eigenvalue weighted by molar-refractivity contribution is -0.110. The molecule has 5 heteroatoms. The van der Waals surface area contributed by atoms with E-state index >= 15 is 0 Å². The van der Waals surface area contributed by atoms with Gasteiger partial charge in [0, 0.05) is 11.8 Å². The fourth-order valence-corrected chi connectivity index (χ4v) is 2.90. The Hall–Kier alpha value is -2.27. The molecule has 2 aromatic carbocycles. The van der Waals surface area contributed by atoms with Gasteiger partial charge in [0.05, 0.1) is 12.8 Å². The van der Waals surface area contributed by atoms with Crippen LogP contribution in [0.4, 0.5) is 5.69 Å². The summed E-state index contributed by atoms with van der Waals surface area (Å²) in [6.45, 7) is 5.59. The average Bonchev–Trinajstić information content (AvgIpc) is 2.54. The molecule has 0 aliphatic carbocycles. The molecule has 0 saturated heterocycles. The minimum absolute atomic E-state index is 0.0707. The zero-order chi connectivity index (χ0) is 16.8. The van der Waals surface area contributed by atoms with E-state index in [1.54, 1.807) is 7.11 Å². The number of hydrazone groups is 1. The highest BCUT2D eigenvalue weighted by molar-refractivity contribution is 8.15. The number of carbonyl (C=O) groups excluding carboxylic acids is 1. The molecular weight excluding hydrogens is 308 g/mol. The number of Topliss-reactive ketones (excluding diaryl/α,β-unsaturated/α-hetero) is 1. The van der Waals surface area contributed by atoms with Gasteiger partial charge in [-0.25, -0.2) is 0 Å². The molecule has 0 saturated carbocycles. The summed E-state index contributed by atoms with van der Waals surface area (Å²) in [6.07, 6.45) is 0. The Balaban J connectivity index is 2.19. The maximum absolute atomic E-state index is 11.9. The Morgan fingerprint density at radius 1 is 1.09 bits per heavy atom. The first-order valence-electron chi connectivity index (χ1n) is 7.24. The number of ketones is 1. The molecule has 2 aromatic rings. The zero-order valence-corrected chi connectivity index (χ0v) is 14.5. The number of anilines is 1. The van der Waals surface area contributed by atoms with Crippen molar-refractivity contribution >= 4 is 28.3 Å². The molecule has 0 atom stereocenters. The van der Waals surface area contributed by atoms with Crippen molar-refractivity contribution in [1.29, 1.82) is 0 Å². The van der Waals surface area contributed by atoms with Crippen molar-refractivity contribution in [1.82, 2.24) is 0 Å². The number of ether oxygens (including phenoxy) is 1. The van der Waals surface area contributed by atoms with Crippen molar-refractivity contribution < 1.29 is 9.53 Å². The first kappa shape index (κ1) is 17.1. The Bertz CT molecular complexity index is 704. The Morgan fingerprint density at radius 3 is 2.22 bits per heavy atom. The third-order valence-electron chi connectivity index (χ3n) is 3.29. The van der Waals surface area contributed by atoms with Crippen molar-refractivity contribution in [3.05, 3.63) is 53.6 Å². The second-order valence-corrected chi connectivity index (χ2v) is 6.14. The van der Waals surface area contributed by atoms with Gasteiger partial charge in [0.15, 0.2) is 10.8 Å². The monoisotopic (exact) mass is 328 g/mol. The summed E-state index contributed by atoms with van der Waals surface area (Å²) in [5.74, 6) is 0.704. The van der Waals surface area contributed by atoms with Crippen LogP contribution < -0.4 is 10.2 Å². The number of carbonyl (C=O) groups is 1. The molecule has 23 heavy (non-hydrogen) atoms. The van der Waals surface area contributed by atoms with Gasteiger partial charge in [-0.3, -0.25) is 10.2 Å². The number of aryl methyl sites for hydroxylation is 2. The van der Waals surface area contributed by atoms with Crippen LogP contribution in [-0.4, -0.2) is 17.9 Å². The predicted molar refractivity (Wildman–Crippen MR) is 96.5 cm³/mol. The van der Waals surface area contributed by atoms with Gasteiger partial charge in [0.1, 0.15) is 5.75 Å². The molecule has 120 valence electrons. The first-order chi connectivity index (χ1) is 11.0. The van der Waals surface area contributed by atoms with Crippen LogP contribution in [0.2, 0.25) is 0 Å². The van der Waals surface area contributed by atoms with Crippen LogP contribution >= 0.6 is 11.8 Å². The van der Waals surface area contributed by atoms with E-state index in [4.69, 9.17) is 4.74 Å². The standard InChI is InChI=1S/C18H20N2O2S/c1-12-6-5-7-13(2)17(12)23-18(14(3)21)20-19-15-8-10-16(22-4)11-9-15/h5-11,19H,1-4H3. The van der Waals surface area contributed by atoms with E-state index in [1.165, 1.54) is 18.7 Å². The molecule has 0 heterocycles. The maximum Gasteiger partial charge on any atom is 0.186 e. The van der Waals surface area contributed by atoms with Gasteiger partial charge in [-0.2, -0.15) is 5.10 Å². The van der Waals surface area contributed by atoms with E-state index in [9.17, 15) is 4.79 Å². The fraction of sp³-hybridized carbons (Fsp3) is 0.222. The van der Waals surface area contributed by atoms with Gasteiger partial charge in [-0.15, -0.1) is 0 Å². The fourth-order valence-electron chi connectivity index (χ4n) is 2.01. The molecule has 1 N–H and O–H groups in total. The van der Waals surface area contributed by atoms with E-state index in [1.807, 2.05) is 56.3 Å². The highest BCUT2D eigenvalue weighted by Crippen LogP contribution is 2.28. The largest absolute Gasteiger partial charge is 0.497 e. The Labute approximate surface area is 140 Å². The Kier molecular flexibility index (Phi) is 5.82. The number of nitrogens with zero attached hydrogens (tertiary/aromatic N) is 1. The van der Waals surface area contributed by atoms with Crippen LogP contribution in [0.1, 0.15) is 18.1 Å². The smallest absolute Gasteiger partial charge is 0.186 e. The van der Waals surface area contributed by atoms with E-state index in [-0.39, 0.29) is 5.78 Å². The molecule has 0 aliphatic rings. The molecule has 2 rings (SSSR count). The topological polar surface area (TPSA) is 50.7 Å². The summed E-state index contributed by atoms with van der Waals surface area (Å²) in [6, 6.07) is 13.4. The number of nitrogens with one attached hydrogen (secondary N) is 1. The molecule has 0 amide bonds. The van der Waals surface area contributed by atoms with Gasteiger partial charge < -0.3 is 4.74 Å². The van der Waals surface area contributed by atoms with Crippen molar-refractivity contribution in [3.8, 4) is 5.75 Å². The van der Waals surface area contributed by atoms with Crippen molar-refractivity contribution in [2.75, 3.05) is 12.5 Å². The molecular formula is C18H20N2O2S. The second kappa shape index (κ2) is 7.83. The van der Waals surface area contributed by atoms with Crippen LogP contribution in [0, 0.1) is 13.8 Å². The van der Waals surface area contributed by atoms with Gasteiger partial charge in [-0.1, -0.05) is 30.0 Å². The lowest BCUT2D eigenvalue weighted by atomic mass is 10.2. The van der Waals surface area contributed by atoms with Crippen LogP contribution in [-0.2, 0) is 4.79 Å². The third kappa shape index (κ3) is 4.60. The third-order valence-corrected chi connectivity index (χ3v) is 4.71. The summed E-state index contributed by atoms with van der Waals surface area (Å²) in [4.78, 5) is 12.9. The highest BCUT2D eigenvalue weighted by atomic mass is 32.2. The number of hydrogen-bond donors (Lipinski definition) is 1. The second-order valence-electron chi connectivity index (χ2n) is 5.14. The molecule has 0 spiro atoms. The molecule has 0 bridgehead atoms. The first-order valence-corrected chi connectivity index (χ1v) is 8.05. The number of hydrogen-bond acceptors (Lipinski definition) is 5. The molecule has 4 nitrogen and oxygen atoms in total. The van der Waals surface area contributed by atoms with Crippen LogP contribution in [0.25, 0.3) is 0 Å². The number of benzene rings is 2. The van der Waals surface area contributed by atoms with Gasteiger partial charge in [0.2, 0.25) is 0 Å². The lowest BCUT2D eigenvalue weighted by Gasteiger charge is -2.10. The normalized spacial score (nSPS) is 11.2. The molecule has 0 fully saturated rings. The average molecular weight is 328 g/mol. The molecule has 0 radical (unpaired) electrons. The van der Waals surface area contributed by atoms with Crippen molar-refractivity contribution in [3.63, 3.8) is 0 Å². The predicted octanol–water partition coefficient (Wildman–Crippen LogP) is 4.42.